The van der Waals surface area contributed by atoms with Crippen LogP contribution in [0.5, 0.6) is 11.5 Å². The van der Waals surface area contributed by atoms with Crippen LogP contribution in [0.15, 0.2) is 24.3 Å². The molecule has 0 spiro atoms. The van der Waals surface area contributed by atoms with Crippen LogP contribution in [-0.4, -0.2) is 25.2 Å². The van der Waals surface area contributed by atoms with Crippen molar-refractivity contribution >= 4 is 5.91 Å². The Labute approximate surface area is 126 Å². The predicted molar refractivity (Wildman–Crippen MR) is 82.7 cm³/mol. The van der Waals surface area contributed by atoms with Gasteiger partial charge in [-0.3, -0.25) is 4.79 Å². The van der Waals surface area contributed by atoms with Gasteiger partial charge in [0.15, 0.2) is 11.5 Å². The Morgan fingerprint density at radius 2 is 2.10 bits per heavy atom. The molecule has 0 fully saturated rings. The maximum atomic E-state index is 12.2. The lowest BCUT2D eigenvalue weighted by molar-refractivity contribution is -0.130. The van der Waals surface area contributed by atoms with Crippen LogP contribution in [-0.2, 0) is 4.79 Å². The molecule has 21 heavy (non-hydrogen) atoms. The maximum absolute atomic E-state index is 12.2. The van der Waals surface area contributed by atoms with Crippen molar-refractivity contribution in [3.8, 4) is 11.5 Å². The number of hydrogen-bond donors (Lipinski definition) is 1. The number of amides is 1. The number of ether oxygens (including phenoxy) is 2. The van der Waals surface area contributed by atoms with Crippen molar-refractivity contribution in [2.45, 2.75) is 45.6 Å². The summed E-state index contributed by atoms with van der Waals surface area (Å²) in [4.78, 5) is 12.2. The van der Waals surface area contributed by atoms with E-state index in [2.05, 4.69) is 19.2 Å². The Morgan fingerprint density at radius 1 is 1.33 bits per heavy atom. The van der Waals surface area contributed by atoms with Crippen LogP contribution in [0.3, 0.4) is 0 Å². The largest absolute Gasteiger partial charge is 0.485 e. The molecule has 2 rings (SSSR count). The predicted octanol–water partition coefficient (Wildman–Crippen LogP) is 3.16. The van der Waals surface area contributed by atoms with Crippen molar-refractivity contribution in [1.82, 2.24) is 5.32 Å². The van der Waals surface area contributed by atoms with Gasteiger partial charge in [0.1, 0.15) is 6.61 Å². The molecule has 1 aliphatic rings. The molecule has 0 saturated heterocycles. The van der Waals surface area contributed by atoms with Gasteiger partial charge >= 0.3 is 0 Å². The van der Waals surface area contributed by atoms with Gasteiger partial charge in [0, 0.05) is 6.54 Å². The number of benzene rings is 1. The number of hydrogen-bond acceptors (Lipinski definition) is 3. The molecule has 1 heterocycles. The van der Waals surface area contributed by atoms with Crippen molar-refractivity contribution in [3.63, 3.8) is 0 Å². The summed E-state index contributed by atoms with van der Waals surface area (Å²) >= 11 is 0. The Hall–Kier alpha value is -1.71. The highest BCUT2D eigenvalue weighted by molar-refractivity contribution is 5.81. The molecule has 116 valence electrons. The molecular weight excluding hydrogens is 266 g/mol. The zero-order valence-electron chi connectivity index (χ0n) is 12.9. The fraction of sp³-hybridized carbons (Fsp3) is 0.588. The first kappa shape index (κ1) is 15.7. The second-order valence-corrected chi connectivity index (χ2v) is 5.53. The van der Waals surface area contributed by atoms with Gasteiger partial charge in [-0.25, -0.2) is 0 Å². The van der Waals surface area contributed by atoms with Gasteiger partial charge in [0.2, 0.25) is 6.10 Å². The van der Waals surface area contributed by atoms with Gasteiger partial charge < -0.3 is 14.8 Å². The summed E-state index contributed by atoms with van der Waals surface area (Å²) in [6, 6.07) is 7.44. The summed E-state index contributed by atoms with van der Waals surface area (Å²) in [5.74, 6) is 1.81. The Balaban J connectivity index is 1.82. The van der Waals surface area contributed by atoms with E-state index in [0.717, 1.165) is 19.4 Å². The minimum atomic E-state index is -0.552. The lowest BCUT2D eigenvalue weighted by Gasteiger charge is -2.26. The van der Waals surface area contributed by atoms with Gasteiger partial charge in [0.25, 0.3) is 5.91 Å². The summed E-state index contributed by atoms with van der Waals surface area (Å²) in [6.45, 7) is 5.35. The average Bonchev–Trinajstić information content (AvgIpc) is 2.54. The third kappa shape index (κ3) is 4.38. The number of rotatable bonds is 7. The Kier molecular flexibility index (Phi) is 5.90. The average molecular weight is 291 g/mol. The van der Waals surface area contributed by atoms with Crippen molar-refractivity contribution in [3.05, 3.63) is 24.3 Å². The minimum absolute atomic E-state index is 0.0838. The zero-order chi connectivity index (χ0) is 15.1. The zero-order valence-corrected chi connectivity index (χ0v) is 12.9. The molecule has 0 radical (unpaired) electrons. The molecule has 1 aromatic carbocycles. The molecule has 1 aromatic rings. The molecule has 4 nitrogen and oxygen atoms in total. The first-order valence-electron chi connectivity index (χ1n) is 7.90. The molecule has 0 saturated carbocycles. The number of nitrogens with one attached hydrogen (secondary N) is 1. The van der Waals surface area contributed by atoms with E-state index >= 15 is 0 Å². The van der Waals surface area contributed by atoms with Crippen molar-refractivity contribution < 1.29 is 14.3 Å². The molecule has 2 atom stereocenters. The fourth-order valence-electron chi connectivity index (χ4n) is 2.45. The molecule has 0 unspecified atom stereocenters. The van der Waals surface area contributed by atoms with Gasteiger partial charge in [-0.05, 0) is 24.5 Å². The quantitative estimate of drug-likeness (QED) is 0.839. The van der Waals surface area contributed by atoms with E-state index < -0.39 is 6.10 Å². The van der Waals surface area contributed by atoms with E-state index in [1.807, 2.05) is 24.3 Å². The number of carbonyl (C=O) groups excluding carboxylic acids is 1. The van der Waals surface area contributed by atoms with Crippen molar-refractivity contribution in [2.75, 3.05) is 13.2 Å². The molecule has 0 aliphatic carbocycles. The van der Waals surface area contributed by atoms with Crippen LogP contribution < -0.4 is 14.8 Å². The molecule has 0 bridgehead atoms. The summed E-state index contributed by atoms with van der Waals surface area (Å²) < 4.78 is 11.3. The number of unbranched alkanes of at least 4 members (excludes halogenated alkanes) is 1. The van der Waals surface area contributed by atoms with Crippen LogP contribution in [0.1, 0.15) is 39.5 Å². The first-order chi connectivity index (χ1) is 10.2. The third-order valence-corrected chi connectivity index (χ3v) is 3.91. The van der Waals surface area contributed by atoms with Crippen molar-refractivity contribution in [1.29, 1.82) is 0 Å². The van der Waals surface area contributed by atoms with Gasteiger partial charge in [0.05, 0.1) is 0 Å². The highest BCUT2D eigenvalue weighted by Crippen LogP contribution is 2.30. The summed E-state index contributed by atoms with van der Waals surface area (Å²) in [5, 5.41) is 3.00. The van der Waals surface area contributed by atoms with Crippen molar-refractivity contribution in [2.24, 2.45) is 5.92 Å². The fourth-order valence-corrected chi connectivity index (χ4v) is 2.45. The van der Waals surface area contributed by atoms with E-state index in [9.17, 15) is 4.79 Å². The molecule has 1 N–H and O–H groups in total. The van der Waals surface area contributed by atoms with Crippen LogP contribution in [0, 0.1) is 5.92 Å². The topological polar surface area (TPSA) is 47.6 Å². The molecule has 1 aliphatic heterocycles. The van der Waals surface area contributed by atoms with Gasteiger partial charge in [-0.2, -0.15) is 0 Å². The monoisotopic (exact) mass is 291 g/mol. The highest BCUT2D eigenvalue weighted by Gasteiger charge is 2.27. The molecule has 4 heteroatoms. The number of para-hydroxylation sites is 2. The molecule has 0 aromatic heterocycles. The number of fused-ring (bicyclic) bond motifs is 1. The normalized spacial score (nSPS) is 18.1. The second-order valence-electron chi connectivity index (χ2n) is 5.53. The standard InChI is InChI=1S/C17H25NO3/c1-3-5-8-13(4-2)11-18-17(19)16-12-20-14-9-6-7-10-15(14)21-16/h6-7,9-10,13,16H,3-5,8,11-12H2,1-2H3,(H,18,19)/t13-,16-/m1/s1. The second kappa shape index (κ2) is 7.91. The first-order valence-corrected chi connectivity index (χ1v) is 7.90. The smallest absolute Gasteiger partial charge is 0.264 e. The van der Waals surface area contributed by atoms with Gasteiger partial charge in [-0.15, -0.1) is 0 Å². The summed E-state index contributed by atoms with van der Waals surface area (Å²) in [6.07, 6.45) is 4.11. The lowest BCUT2D eigenvalue weighted by atomic mass is 9.99. The third-order valence-electron chi connectivity index (χ3n) is 3.91. The van der Waals surface area contributed by atoms with E-state index in [-0.39, 0.29) is 12.5 Å². The maximum Gasteiger partial charge on any atom is 0.264 e. The van der Waals surface area contributed by atoms with Gasteiger partial charge in [-0.1, -0.05) is 45.2 Å². The summed E-state index contributed by atoms with van der Waals surface area (Å²) in [5.41, 5.74) is 0. The number of carbonyl (C=O) groups is 1. The van der Waals surface area contributed by atoms with Crippen LogP contribution in [0.2, 0.25) is 0 Å². The highest BCUT2D eigenvalue weighted by atomic mass is 16.6. The Morgan fingerprint density at radius 3 is 2.81 bits per heavy atom. The van der Waals surface area contributed by atoms with Crippen LogP contribution in [0.4, 0.5) is 0 Å². The van der Waals surface area contributed by atoms with E-state index in [0.29, 0.717) is 17.4 Å². The van der Waals surface area contributed by atoms with Crippen LogP contribution in [0.25, 0.3) is 0 Å². The molecule has 1 amide bonds. The lowest BCUT2D eigenvalue weighted by Crippen LogP contribution is -2.45. The summed E-state index contributed by atoms with van der Waals surface area (Å²) in [7, 11) is 0. The van der Waals surface area contributed by atoms with E-state index in [1.54, 1.807) is 0 Å². The SMILES string of the molecule is CCCC[C@@H](CC)CNC(=O)[C@H]1COc2ccccc2O1. The molecular formula is C17H25NO3. The van der Waals surface area contributed by atoms with E-state index in [1.165, 1.54) is 12.8 Å². The minimum Gasteiger partial charge on any atom is -0.485 e. The van der Waals surface area contributed by atoms with E-state index in [4.69, 9.17) is 9.47 Å². The Bertz CT molecular complexity index is 461. The van der Waals surface area contributed by atoms with Crippen LogP contribution >= 0.6 is 0 Å².